The molecule has 0 atom stereocenters. The van der Waals surface area contributed by atoms with Gasteiger partial charge in [0.2, 0.25) is 5.91 Å². The molecule has 1 amide bonds. The van der Waals surface area contributed by atoms with Crippen molar-refractivity contribution < 1.29 is 13.9 Å². The van der Waals surface area contributed by atoms with Crippen molar-refractivity contribution in [1.29, 1.82) is 0 Å². The fraction of sp³-hybridized carbons (Fsp3) is 0.348. The molecule has 0 saturated heterocycles. The first-order valence-corrected chi connectivity index (χ1v) is 11.1. The van der Waals surface area contributed by atoms with Crippen LogP contribution in [0, 0.1) is 26.6 Å². The number of aryl methyl sites for hydroxylation is 3. The van der Waals surface area contributed by atoms with Crippen LogP contribution in [0.15, 0.2) is 41.6 Å². The average molecular weight is 443 g/mol. The Morgan fingerprint density at radius 3 is 2.61 bits per heavy atom. The Hall–Kier alpha value is -2.87. The molecule has 0 unspecified atom stereocenters. The van der Waals surface area contributed by atoms with Gasteiger partial charge in [0.25, 0.3) is 0 Å². The summed E-state index contributed by atoms with van der Waals surface area (Å²) in [5.74, 6) is 1.03. The topological polar surface area (TPSA) is 69.0 Å². The number of ether oxygens (including phenoxy) is 1. The fourth-order valence-corrected chi connectivity index (χ4v) is 3.96. The van der Waals surface area contributed by atoms with Crippen molar-refractivity contribution >= 4 is 23.4 Å². The maximum Gasteiger partial charge on any atom is 0.234 e. The predicted molar refractivity (Wildman–Crippen MR) is 121 cm³/mol. The summed E-state index contributed by atoms with van der Waals surface area (Å²) < 4.78 is 21.4. The van der Waals surface area contributed by atoms with Crippen LogP contribution in [0.1, 0.15) is 42.4 Å². The van der Waals surface area contributed by atoms with Crippen molar-refractivity contribution in [1.82, 2.24) is 14.8 Å². The zero-order valence-corrected chi connectivity index (χ0v) is 19.2. The van der Waals surface area contributed by atoms with Crippen LogP contribution in [-0.2, 0) is 11.4 Å². The highest BCUT2D eigenvalue weighted by molar-refractivity contribution is 7.99. The number of carbonyl (C=O) groups is 1. The first-order chi connectivity index (χ1) is 14.7. The number of anilines is 1. The second kappa shape index (κ2) is 9.96. The Balaban J connectivity index is 1.66. The molecule has 0 aliphatic heterocycles. The maximum absolute atomic E-state index is 13.4. The van der Waals surface area contributed by atoms with E-state index in [9.17, 15) is 9.18 Å². The SMILES string of the molecule is Cc1ccc(C)c(OCc2nnc(SCC(=O)Nc3cc(F)ccc3C)n2C(C)C)c1. The zero-order chi connectivity index (χ0) is 22.5. The van der Waals surface area contributed by atoms with E-state index in [1.165, 1.54) is 23.9 Å². The van der Waals surface area contributed by atoms with Gasteiger partial charge in [-0.1, -0.05) is 30.0 Å². The summed E-state index contributed by atoms with van der Waals surface area (Å²) in [6.45, 7) is 10.2. The summed E-state index contributed by atoms with van der Waals surface area (Å²) in [7, 11) is 0. The molecule has 6 nitrogen and oxygen atoms in total. The Morgan fingerprint density at radius 1 is 1.13 bits per heavy atom. The van der Waals surface area contributed by atoms with Crippen LogP contribution in [0.4, 0.5) is 10.1 Å². The highest BCUT2D eigenvalue weighted by Gasteiger charge is 2.18. The first-order valence-electron chi connectivity index (χ1n) is 10.1. The number of amides is 1. The van der Waals surface area contributed by atoms with Gasteiger partial charge in [-0.3, -0.25) is 4.79 Å². The number of hydrogen-bond donors (Lipinski definition) is 1. The zero-order valence-electron chi connectivity index (χ0n) is 18.4. The highest BCUT2D eigenvalue weighted by atomic mass is 32.2. The molecular formula is C23H27FN4O2S. The molecule has 0 bridgehead atoms. The van der Waals surface area contributed by atoms with E-state index in [-0.39, 0.29) is 30.1 Å². The van der Waals surface area contributed by atoms with Crippen LogP contribution in [-0.4, -0.2) is 26.4 Å². The number of carbonyl (C=O) groups excluding carboxylic acids is 1. The summed E-state index contributed by atoms with van der Waals surface area (Å²) in [6.07, 6.45) is 0. The maximum atomic E-state index is 13.4. The number of aromatic nitrogens is 3. The third-order valence-corrected chi connectivity index (χ3v) is 5.70. The number of nitrogens with zero attached hydrogens (tertiary/aromatic N) is 3. The van der Waals surface area contributed by atoms with Crippen LogP contribution >= 0.6 is 11.8 Å². The van der Waals surface area contributed by atoms with Crippen LogP contribution in [0.25, 0.3) is 0 Å². The monoisotopic (exact) mass is 442 g/mol. The largest absolute Gasteiger partial charge is 0.485 e. The van der Waals surface area contributed by atoms with Crippen LogP contribution in [0.3, 0.4) is 0 Å². The van der Waals surface area contributed by atoms with E-state index < -0.39 is 0 Å². The summed E-state index contributed by atoms with van der Waals surface area (Å²) >= 11 is 1.29. The van der Waals surface area contributed by atoms with Crippen LogP contribution < -0.4 is 10.1 Å². The molecule has 1 N–H and O–H groups in total. The molecule has 31 heavy (non-hydrogen) atoms. The second-order valence-corrected chi connectivity index (χ2v) is 8.66. The van der Waals surface area contributed by atoms with E-state index in [0.717, 1.165) is 22.4 Å². The number of nitrogens with one attached hydrogen (secondary N) is 1. The minimum Gasteiger partial charge on any atom is -0.485 e. The lowest BCUT2D eigenvalue weighted by Gasteiger charge is -2.15. The van der Waals surface area contributed by atoms with Crippen molar-refractivity contribution in [3.05, 3.63) is 64.7 Å². The predicted octanol–water partition coefficient (Wildman–Crippen LogP) is 5.23. The molecule has 0 aliphatic rings. The first kappa shape index (κ1) is 22.8. The highest BCUT2D eigenvalue weighted by Crippen LogP contribution is 2.25. The standard InChI is InChI=1S/C23H27FN4O2S/c1-14(2)28-21(12-30-20-10-15(3)6-7-17(20)5)26-27-23(28)31-13-22(29)25-19-11-18(24)9-8-16(19)4/h6-11,14H,12-13H2,1-5H3,(H,25,29). The quantitative estimate of drug-likeness (QED) is 0.484. The number of hydrogen-bond acceptors (Lipinski definition) is 5. The van der Waals surface area contributed by atoms with Crippen LogP contribution in [0.2, 0.25) is 0 Å². The molecule has 0 radical (unpaired) electrons. The van der Waals surface area contributed by atoms with Crippen molar-refractivity contribution in [3.8, 4) is 5.75 Å². The molecule has 1 heterocycles. The normalized spacial score (nSPS) is 11.1. The Labute approximate surface area is 186 Å². The molecule has 0 saturated carbocycles. The third-order valence-electron chi connectivity index (χ3n) is 4.76. The van der Waals surface area contributed by atoms with Crippen molar-refractivity contribution in [3.63, 3.8) is 0 Å². The second-order valence-electron chi connectivity index (χ2n) is 7.72. The number of thioether (sulfide) groups is 1. The Bertz CT molecular complexity index is 1080. The average Bonchev–Trinajstić information content (AvgIpc) is 3.13. The van der Waals surface area contributed by atoms with Gasteiger partial charge >= 0.3 is 0 Å². The van der Waals surface area contributed by atoms with E-state index in [2.05, 4.69) is 15.5 Å². The van der Waals surface area contributed by atoms with Gasteiger partial charge in [0, 0.05) is 11.7 Å². The number of benzene rings is 2. The minimum atomic E-state index is -0.387. The Kier molecular flexibility index (Phi) is 7.33. The molecule has 3 aromatic rings. The number of rotatable bonds is 8. The molecule has 0 spiro atoms. The van der Waals surface area contributed by atoms with Gasteiger partial charge in [-0.2, -0.15) is 0 Å². The van der Waals surface area contributed by atoms with Gasteiger partial charge in [-0.25, -0.2) is 4.39 Å². The molecule has 3 rings (SSSR count). The van der Waals surface area contributed by atoms with Gasteiger partial charge < -0.3 is 14.6 Å². The van der Waals surface area contributed by atoms with Gasteiger partial charge in [0.1, 0.15) is 18.2 Å². The summed E-state index contributed by atoms with van der Waals surface area (Å²) in [5, 5.41) is 11.9. The summed E-state index contributed by atoms with van der Waals surface area (Å²) in [4.78, 5) is 12.4. The van der Waals surface area contributed by atoms with Gasteiger partial charge in [-0.15, -0.1) is 10.2 Å². The molecule has 0 aliphatic carbocycles. The molecule has 164 valence electrons. The van der Waals surface area contributed by atoms with Gasteiger partial charge in [0.05, 0.1) is 5.75 Å². The lowest BCUT2D eigenvalue weighted by atomic mass is 10.1. The molecule has 0 fully saturated rings. The van der Waals surface area contributed by atoms with Crippen molar-refractivity contribution in [2.45, 2.75) is 52.4 Å². The van der Waals surface area contributed by atoms with Gasteiger partial charge in [0.15, 0.2) is 11.0 Å². The molecular weight excluding hydrogens is 415 g/mol. The van der Waals surface area contributed by atoms with Crippen LogP contribution in [0.5, 0.6) is 5.75 Å². The third kappa shape index (κ3) is 5.85. The fourth-order valence-electron chi connectivity index (χ4n) is 3.07. The molecule has 1 aromatic heterocycles. The summed E-state index contributed by atoms with van der Waals surface area (Å²) in [6, 6.07) is 10.5. The van der Waals surface area contributed by atoms with E-state index in [4.69, 9.17) is 4.74 Å². The van der Waals surface area contributed by atoms with E-state index >= 15 is 0 Å². The number of halogens is 1. The van der Waals surface area contributed by atoms with E-state index in [1.54, 1.807) is 6.07 Å². The minimum absolute atomic E-state index is 0.100. The molecule has 2 aromatic carbocycles. The Morgan fingerprint density at radius 2 is 1.87 bits per heavy atom. The van der Waals surface area contributed by atoms with Gasteiger partial charge in [-0.05, 0) is 69.5 Å². The van der Waals surface area contributed by atoms with Crippen molar-refractivity contribution in [2.24, 2.45) is 0 Å². The van der Waals surface area contributed by atoms with E-state index in [0.29, 0.717) is 16.7 Å². The lowest BCUT2D eigenvalue weighted by molar-refractivity contribution is -0.113. The smallest absolute Gasteiger partial charge is 0.234 e. The molecule has 8 heteroatoms. The summed E-state index contributed by atoms with van der Waals surface area (Å²) in [5.41, 5.74) is 3.45. The lowest BCUT2D eigenvalue weighted by Crippen LogP contribution is -2.16. The van der Waals surface area contributed by atoms with Crippen molar-refractivity contribution in [2.75, 3.05) is 11.1 Å². The van der Waals surface area contributed by atoms with E-state index in [1.807, 2.05) is 57.4 Å².